The number of H-pyrrole nitrogens is 1. The number of ether oxygens (including phenoxy) is 2. The number of aromatic amines is 1. The number of aromatic nitrogens is 3. The zero-order valence-electron chi connectivity index (χ0n) is 19.5. The lowest BCUT2D eigenvalue weighted by Gasteiger charge is -2.19. The molecule has 1 aromatic carbocycles. The molecule has 33 heavy (non-hydrogen) atoms. The van der Waals surface area contributed by atoms with Crippen molar-refractivity contribution in [1.29, 1.82) is 0 Å². The predicted molar refractivity (Wildman–Crippen MR) is 128 cm³/mol. The SMILES string of the molecule is CC(C)(C)OC(=O)n1nc(-c2cc3ccc(OC(=O)C(C)(C)C)cc3[nH]2)c2sc(CO)cc21. The third-order valence-electron chi connectivity index (χ3n) is 4.80. The van der Waals surface area contributed by atoms with E-state index < -0.39 is 17.1 Å². The van der Waals surface area contributed by atoms with Crippen molar-refractivity contribution >= 4 is 44.5 Å². The summed E-state index contributed by atoms with van der Waals surface area (Å²) in [6.07, 6.45) is -0.589. The summed E-state index contributed by atoms with van der Waals surface area (Å²) in [5, 5.41) is 15.1. The molecule has 4 aromatic rings. The van der Waals surface area contributed by atoms with E-state index in [4.69, 9.17) is 9.47 Å². The van der Waals surface area contributed by atoms with Crippen LogP contribution in [-0.4, -0.2) is 37.5 Å². The largest absolute Gasteiger partial charge is 0.442 e. The number of rotatable bonds is 3. The molecule has 0 unspecified atom stereocenters. The molecule has 8 nitrogen and oxygen atoms in total. The maximum Gasteiger partial charge on any atom is 0.435 e. The van der Waals surface area contributed by atoms with Crippen LogP contribution in [0.5, 0.6) is 5.75 Å². The van der Waals surface area contributed by atoms with Crippen LogP contribution in [0.1, 0.15) is 46.4 Å². The highest BCUT2D eigenvalue weighted by Gasteiger charge is 2.26. The molecule has 0 aliphatic heterocycles. The van der Waals surface area contributed by atoms with Crippen molar-refractivity contribution < 1.29 is 24.2 Å². The first kappa shape index (κ1) is 23.0. The molecular weight excluding hydrogens is 442 g/mol. The molecule has 0 radical (unpaired) electrons. The number of hydrogen-bond acceptors (Lipinski definition) is 7. The molecule has 0 amide bonds. The van der Waals surface area contributed by atoms with Crippen LogP contribution in [0.25, 0.3) is 32.5 Å². The van der Waals surface area contributed by atoms with Gasteiger partial charge in [-0.05, 0) is 65.8 Å². The van der Waals surface area contributed by atoms with Crippen molar-refractivity contribution in [1.82, 2.24) is 14.8 Å². The Balaban J connectivity index is 1.76. The molecular formula is C24H27N3O5S. The van der Waals surface area contributed by atoms with Crippen LogP contribution in [0, 0.1) is 5.41 Å². The van der Waals surface area contributed by atoms with Crippen LogP contribution in [0.4, 0.5) is 4.79 Å². The van der Waals surface area contributed by atoms with Crippen LogP contribution in [-0.2, 0) is 16.1 Å². The molecule has 3 aromatic heterocycles. The lowest BCUT2D eigenvalue weighted by Crippen LogP contribution is -2.27. The number of nitrogens with zero attached hydrogens (tertiary/aromatic N) is 2. The molecule has 3 heterocycles. The van der Waals surface area contributed by atoms with Gasteiger partial charge in [0.2, 0.25) is 0 Å². The van der Waals surface area contributed by atoms with E-state index >= 15 is 0 Å². The second-order valence-electron chi connectivity index (χ2n) is 9.90. The number of nitrogens with one attached hydrogen (secondary N) is 1. The maximum atomic E-state index is 12.8. The fraction of sp³-hybridized carbons (Fsp3) is 0.375. The van der Waals surface area contributed by atoms with E-state index in [1.165, 1.54) is 16.0 Å². The molecule has 0 aliphatic carbocycles. The number of fused-ring (bicyclic) bond motifs is 2. The molecule has 4 rings (SSSR count). The summed E-state index contributed by atoms with van der Waals surface area (Å²) in [6, 6.07) is 9.03. The van der Waals surface area contributed by atoms with E-state index in [0.29, 0.717) is 27.5 Å². The van der Waals surface area contributed by atoms with Crippen molar-refractivity contribution in [2.45, 2.75) is 53.8 Å². The van der Waals surface area contributed by atoms with Crippen molar-refractivity contribution in [2.24, 2.45) is 5.41 Å². The number of esters is 1. The summed E-state index contributed by atoms with van der Waals surface area (Å²) in [5.41, 5.74) is 1.33. The van der Waals surface area contributed by atoms with Crippen molar-refractivity contribution in [3.8, 4) is 17.1 Å². The molecule has 0 fully saturated rings. The highest BCUT2D eigenvalue weighted by Crippen LogP contribution is 2.36. The van der Waals surface area contributed by atoms with Gasteiger partial charge in [-0.3, -0.25) is 4.79 Å². The van der Waals surface area contributed by atoms with Gasteiger partial charge in [0, 0.05) is 21.8 Å². The first-order chi connectivity index (χ1) is 15.4. The van der Waals surface area contributed by atoms with E-state index in [0.717, 1.165) is 15.6 Å². The molecule has 0 saturated carbocycles. The third kappa shape index (κ3) is 4.65. The van der Waals surface area contributed by atoms with E-state index in [9.17, 15) is 14.7 Å². The topological polar surface area (TPSA) is 106 Å². The monoisotopic (exact) mass is 469 g/mol. The van der Waals surface area contributed by atoms with Gasteiger partial charge in [0.05, 0.1) is 27.9 Å². The highest BCUT2D eigenvalue weighted by molar-refractivity contribution is 7.19. The summed E-state index contributed by atoms with van der Waals surface area (Å²) in [6.45, 7) is 10.6. The van der Waals surface area contributed by atoms with Crippen molar-refractivity contribution in [3.63, 3.8) is 0 Å². The van der Waals surface area contributed by atoms with Crippen molar-refractivity contribution in [2.75, 3.05) is 0 Å². The smallest absolute Gasteiger partial charge is 0.435 e. The second kappa shape index (κ2) is 8.00. The number of carbonyl (C=O) groups excluding carboxylic acids is 2. The Morgan fingerprint density at radius 3 is 2.48 bits per heavy atom. The Labute approximate surface area is 195 Å². The molecule has 0 spiro atoms. The Hall–Kier alpha value is -3.17. The average molecular weight is 470 g/mol. The minimum Gasteiger partial charge on any atom is -0.442 e. The fourth-order valence-electron chi connectivity index (χ4n) is 3.21. The molecule has 0 saturated heterocycles. The molecule has 0 bridgehead atoms. The summed E-state index contributed by atoms with van der Waals surface area (Å²) < 4.78 is 13.0. The van der Waals surface area contributed by atoms with Crippen LogP contribution >= 0.6 is 11.3 Å². The summed E-state index contributed by atoms with van der Waals surface area (Å²) in [7, 11) is 0. The van der Waals surface area contributed by atoms with Gasteiger partial charge in [-0.1, -0.05) is 0 Å². The number of thiophene rings is 1. The normalized spacial score (nSPS) is 12.5. The molecule has 174 valence electrons. The van der Waals surface area contributed by atoms with Gasteiger partial charge >= 0.3 is 12.1 Å². The first-order valence-electron chi connectivity index (χ1n) is 10.6. The van der Waals surface area contributed by atoms with Crippen LogP contribution in [0.15, 0.2) is 30.3 Å². The fourth-order valence-corrected chi connectivity index (χ4v) is 4.21. The summed E-state index contributed by atoms with van der Waals surface area (Å²) in [5.74, 6) is 0.125. The Morgan fingerprint density at radius 1 is 1.12 bits per heavy atom. The van der Waals surface area contributed by atoms with Gasteiger partial charge in [0.1, 0.15) is 17.0 Å². The number of benzene rings is 1. The van der Waals surface area contributed by atoms with E-state index in [1.54, 1.807) is 59.7 Å². The van der Waals surface area contributed by atoms with E-state index in [1.807, 2.05) is 12.1 Å². The number of aliphatic hydroxyl groups excluding tert-OH is 1. The zero-order chi connectivity index (χ0) is 24.1. The van der Waals surface area contributed by atoms with Gasteiger partial charge in [-0.2, -0.15) is 9.78 Å². The Morgan fingerprint density at radius 2 is 1.85 bits per heavy atom. The Bertz CT molecular complexity index is 1360. The standard InChI is InChI=1S/C24H27N3O5S/c1-23(2,3)21(29)31-14-8-7-13-9-17(25-16(13)10-14)19-20-18(11-15(12-28)33-20)27(26-19)22(30)32-24(4,5)6/h7-11,25,28H,12H2,1-6H3. The van der Waals surface area contributed by atoms with Gasteiger partial charge in [-0.25, -0.2) is 4.79 Å². The quantitative estimate of drug-likeness (QED) is 0.304. The van der Waals surface area contributed by atoms with Gasteiger partial charge in [0.15, 0.2) is 0 Å². The predicted octanol–water partition coefficient (Wildman–Crippen LogP) is 5.47. The molecule has 0 atom stereocenters. The lowest BCUT2D eigenvalue weighted by atomic mass is 9.97. The average Bonchev–Trinajstić information content (AvgIpc) is 3.37. The first-order valence-corrected chi connectivity index (χ1v) is 11.4. The number of hydrogen-bond donors (Lipinski definition) is 2. The minimum absolute atomic E-state index is 0.137. The summed E-state index contributed by atoms with van der Waals surface area (Å²) >= 11 is 1.37. The van der Waals surface area contributed by atoms with Crippen LogP contribution in [0.2, 0.25) is 0 Å². The Kier molecular flexibility index (Phi) is 5.58. The maximum absolute atomic E-state index is 12.8. The van der Waals surface area contributed by atoms with Crippen LogP contribution in [0.3, 0.4) is 0 Å². The van der Waals surface area contributed by atoms with E-state index in [-0.39, 0.29) is 12.6 Å². The molecule has 2 N–H and O–H groups in total. The zero-order valence-corrected chi connectivity index (χ0v) is 20.3. The van der Waals surface area contributed by atoms with Gasteiger partial charge in [-0.15, -0.1) is 11.3 Å². The van der Waals surface area contributed by atoms with Crippen LogP contribution < -0.4 is 4.74 Å². The molecule has 0 aliphatic rings. The summed E-state index contributed by atoms with van der Waals surface area (Å²) in [4.78, 5) is 29.0. The number of aliphatic hydroxyl groups is 1. The lowest BCUT2D eigenvalue weighted by molar-refractivity contribution is -0.142. The van der Waals surface area contributed by atoms with Crippen molar-refractivity contribution in [3.05, 3.63) is 35.2 Å². The van der Waals surface area contributed by atoms with Gasteiger partial charge < -0.3 is 19.6 Å². The molecule has 9 heteroatoms. The number of carbonyl (C=O) groups is 2. The minimum atomic E-state index is -0.673. The second-order valence-corrected chi connectivity index (χ2v) is 11.0. The van der Waals surface area contributed by atoms with E-state index in [2.05, 4.69) is 10.1 Å². The highest BCUT2D eigenvalue weighted by atomic mass is 32.1. The van der Waals surface area contributed by atoms with Gasteiger partial charge in [0.25, 0.3) is 0 Å². The third-order valence-corrected chi connectivity index (χ3v) is 5.92.